The van der Waals surface area contributed by atoms with Crippen molar-refractivity contribution in [2.75, 3.05) is 26.3 Å². The molecule has 32 heavy (non-hydrogen) atoms. The van der Waals surface area contributed by atoms with Crippen LogP contribution in [0.3, 0.4) is 0 Å². The summed E-state index contributed by atoms with van der Waals surface area (Å²) in [6.45, 7) is 4.61. The first-order valence-corrected chi connectivity index (χ1v) is 10.6. The van der Waals surface area contributed by atoms with Gasteiger partial charge in [0.05, 0.1) is 18.1 Å². The molecule has 0 aromatic heterocycles. The minimum Gasteiger partial charge on any atom is -0.490 e. The lowest BCUT2D eigenvalue weighted by Gasteiger charge is -2.35. The molecule has 3 rings (SSSR count). The number of hydrogen-bond acceptors (Lipinski definition) is 6. The van der Waals surface area contributed by atoms with Crippen molar-refractivity contribution in [1.82, 2.24) is 10.2 Å². The van der Waals surface area contributed by atoms with Crippen LogP contribution in [0.15, 0.2) is 54.6 Å². The van der Waals surface area contributed by atoms with Crippen molar-refractivity contribution in [3.05, 3.63) is 60.2 Å². The molecule has 1 fully saturated rings. The van der Waals surface area contributed by atoms with E-state index in [9.17, 15) is 14.4 Å². The number of carbonyl (C=O) groups is 3. The fourth-order valence-corrected chi connectivity index (χ4v) is 3.38. The lowest BCUT2D eigenvalue weighted by Crippen LogP contribution is -2.58. The second-order valence-corrected chi connectivity index (χ2v) is 7.55. The molecule has 0 aliphatic carbocycles. The van der Waals surface area contributed by atoms with E-state index in [4.69, 9.17) is 14.2 Å². The Bertz CT molecular complexity index is 931. The third kappa shape index (κ3) is 6.23. The van der Waals surface area contributed by atoms with Gasteiger partial charge in [-0.15, -0.1) is 0 Å². The van der Waals surface area contributed by atoms with Crippen LogP contribution in [0.5, 0.6) is 11.5 Å². The molecule has 1 unspecified atom stereocenters. The highest BCUT2D eigenvalue weighted by molar-refractivity contribution is 6.01. The zero-order valence-corrected chi connectivity index (χ0v) is 18.3. The molecule has 1 heterocycles. The standard InChI is InChI=1S/C24H28N2O6/c1-17(2)32-22(27)16-20-23(28)25-12-13-26(20)24(29)19-10-6-7-11-21(19)31-15-14-30-18-8-4-3-5-9-18/h3-11,17,20H,12-16H2,1-2H3,(H,25,28). The number of hydrogen-bond donors (Lipinski definition) is 1. The van der Waals surface area contributed by atoms with Crippen LogP contribution in [0.1, 0.15) is 30.6 Å². The van der Waals surface area contributed by atoms with E-state index < -0.39 is 12.0 Å². The topological polar surface area (TPSA) is 94.2 Å². The molecule has 1 N–H and O–H groups in total. The number of benzene rings is 2. The van der Waals surface area contributed by atoms with E-state index in [1.54, 1.807) is 38.1 Å². The molecule has 1 aliphatic heterocycles. The number of nitrogens with one attached hydrogen (secondary N) is 1. The van der Waals surface area contributed by atoms with Gasteiger partial charge >= 0.3 is 5.97 Å². The highest BCUT2D eigenvalue weighted by atomic mass is 16.5. The van der Waals surface area contributed by atoms with Crippen LogP contribution in [0.2, 0.25) is 0 Å². The summed E-state index contributed by atoms with van der Waals surface area (Å²) >= 11 is 0. The van der Waals surface area contributed by atoms with Crippen LogP contribution in [0, 0.1) is 0 Å². The highest BCUT2D eigenvalue weighted by Gasteiger charge is 2.36. The molecule has 0 spiro atoms. The van der Waals surface area contributed by atoms with E-state index in [2.05, 4.69) is 5.32 Å². The van der Waals surface area contributed by atoms with Crippen molar-refractivity contribution < 1.29 is 28.6 Å². The predicted molar refractivity (Wildman–Crippen MR) is 118 cm³/mol. The van der Waals surface area contributed by atoms with Crippen LogP contribution in [0.25, 0.3) is 0 Å². The first-order valence-electron chi connectivity index (χ1n) is 10.6. The van der Waals surface area contributed by atoms with Gasteiger partial charge in [0.25, 0.3) is 5.91 Å². The predicted octanol–water partition coefficient (Wildman–Crippen LogP) is 2.43. The number of amides is 2. The molecule has 1 atom stereocenters. The van der Waals surface area contributed by atoms with Crippen molar-refractivity contribution in [2.24, 2.45) is 0 Å². The second-order valence-electron chi connectivity index (χ2n) is 7.55. The van der Waals surface area contributed by atoms with Crippen LogP contribution < -0.4 is 14.8 Å². The lowest BCUT2D eigenvalue weighted by molar-refractivity contribution is -0.151. The van der Waals surface area contributed by atoms with Gasteiger partial charge < -0.3 is 24.4 Å². The van der Waals surface area contributed by atoms with E-state index >= 15 is 0 Å². The summed E-state index contributed by atoms with van der Waals surface area (Å²) in [5.41, 5.74) is 0.323. The van der Waals surface area contributed by atoms with E-state index in [1.807, 2.05) is 30.3 Å². The first-order chi connectivity index (χ1) is 15.5. The SMILES string of the molecule is CC(C)OC(=O)CC1C(=O)NCCN1C(=O)c1ccccc1OCCOc1ccccc1. The molecule has 170 valence electrons. The first kappa shape index (κ1) is 23.1. The zero-order valence-electron chi connectivity index (χ0n) is 18.3. The Morgan fingerprint density at radius 1 is 1.03 bits per heavy atom. The van der Waals surface area contributed by atoms with Gasteiger partial charge in [0, 0.05) is 13.1 Å². The van der Waals surface area contributed by atoms with Crippen molar-refractivity contribution in [2.45, 2.75) is 32.4 Å². The summed E-state index contributed by atoms with van der Waals surface area (Å²) in [5, 5.41) is 2.71. The van der Waals surface area contributed by atoms with Gasteiger partial charge in [0.1, 0.15) is 30.8 Å². The van der Waals surface area contributed by atoms with Gasteiger partial charge in [0.15, 0.2) is 0 Å². The maximum absolute atomic E-state index is 13.3. The van der Waals surface area contributed by atoms with Crippen molar-refractivity contribution in [3.63, 3.8) is 0 Å². The molecule has 2 amide bonds. The Hall–Kier alpha value is -3.55. The quantitative estimate of drug-likeness (QED) is 0.475. The molecule has 0 radical (unpaired) electrons. The minimum absolute atomic E-state index is 0.205. The van der Waals surface area contributed by atoms with Gasteiger partial charge in [-0.2, -0.15) is 0 Å². The Labute approximate surface area is 187 Å². The maximum atomic E-state index is 13.3. The largest absolute Gasteiger partial charge is 0.490 e. The molecule has 8 heteroatoms. The van der Waals surface area contributed by atoms with Crippen molar-refractivity contribution in [3.8, 4) is 11.5 Å². The van der Waals surface area contributed by atoms with Gasteiger partial charge in [-0.05, 0) is 38.1 Å². The Balaban J connectivity index is 1.67. The van der Waals surface area contributed by atoms with Crippen LogP contribution in [0.4, 0.5) is 0 Å². The summed E-state index contributed by atoms with van der Waals surface area (Å²) in [7, 11) is 0. The number of nitrogens with zero attached hydrogens (tertiary/aromatic N) is 1. The molecular weight excluding hydrogens is 412 g/mol. The average molecular weight is 440 g/mol. The van der Waals surface area contributed by atoms with Crippen LogP contribution in [-0.4, -0.2) is 61.1 Å². The maximum Gasteiger partial charge on any atom is 0.308 e. The van der Waals surface area contributed by atoms with Crippen LogP contribution >= 0.6 is 0 Å². The number of carbonyl (C=O) groups excluding carboxylic acids is 3. The normalized spacial score (nSPS) is 15.8. The lowest BCUT2D eigenvalue weighted by atomic mass is 10.1. The monoisotopic (exact) mass is 440 g/mol. The van der Waals surface area contributed by atoms with Gasteiger partial charge in [-0.1, -0.05) is 30.3 Å². The fourth-order valence-electron chi connectivity index (χ4n) is 3.38. The van der Waals surface area contributed by atoms with Crippen molar-refractivity contribution >= 4 is 17.8 Å². The molecule has 8 nitrogen and oxygen atoms in total. The summed E-state index contributed by atoms with van der Waals surface area (Å²) in [6, 6.07) is 15.3. The third-order valence-corrected chi connectivity index (χ3v) is 4.79. The number of esters is 1. The Kier molecular flexibility index (Phi) is 8.08. The summed E-state index contributed by atoms with van der Waals surface area (Å²) < 4.78 is 16.6. The number of piperazine rings is 1. The molecule has 0 bridgehead atoms. The molecule has 1 saturated heterocycles. The molecule has 2 aromatic carbocycles. The fraction of sp³-hybridized carbons (Fsp3) is 0.375. The summed E-state index contributed by atoms with van der Waals surface area (Å²) in [6.07, 6.45) is -0.505. The van der Waals surface area contributed by atoms with E-state index in [1.165, 1.54) is 4.90 Å². The number of para-hydroxylation sites is 2. The Morgan fingerprint density at radius 2 is 1.72 bits per heavy atom. The summed E-state index contributed by atoms with van der Waals surface area (Å²) in [5.74, 6) is -0.149. The van der Waals surface area contributed by atoms with Gasteiger partial charge in [-0.25, -0.2) is 0 Å². The average Bonchev–Trinajstić information content (AvgIpc) is 2.78. The van der Waals surface area contributed by atoms with E-state index in [0.717, 1.165) is 5.75 Å². The zero-order chi connectivity index (χ0) is 22.9. The number of ether oxygens (including phenoxy) is 3. The van der Waals surface area contributed by atoms with Gasteiger partial charge in [0.2, 0.25) is 5.91 Å². The Morgan fingerprint density at radius 3 is 2.47 bits per heavy atom. The molecule has 1 aliphatic rings. The minimum atomic E-state index is -0.933. The van der Waals surface area contributed by atoms with Crippen LogP contribution in [-0.2, 0) is 14.3 Å². The third-order valence-electron chi connectivity index (χ3n) is 4.79. The number of rotatable bonds is 9. The summed E-state index contributed by atoms with van der Waals surface area (Å²) in [4.78, 5) is 39.3. The highest BCUT2D eigenvalue weighted by Crippen LogP contribution is 2.23. The van der Waals surface area contributed by atoms with E-state index in [-0.39, 0.29) is 37.5 Å². The molecule has 0 saturated carbocycles. The van der Waals surface area contributed by atoms with Gasteiger partial charge in [-0.3, -0.25) is 14.4 Å². The smallest absolute Gasteiger partial charge is 0.308 e. The second kappa shape index (κ2) is 11.2. The van der Waals surface area contributed by atoms with Crippen molar-refractivity contribution in [1.29, 1.82) is 0 Å². The molecular formula is C24H28N2O6. The molecule has 2 aromatic rings. The van der Waals surface area contributed by atoms with E-state index in [0.29, 0.717) is 24.5 Å².